The van der Waals surface area contributed by atoms with E-state index < -0.39 is 0 Å². The molecule has 4 heteroatoms. The van der Waals surface area contributed by atoms with Crippen LogP contribution in [0, 0.1) is 0 Å². The molecule has 2 aromatic carbocycles. The fourth-order valence-electron chi connectivity index (χ4n) is 1.75. The molecule has 2 rings (SSSR count). The van der Waals surface area contributed by atoms with Crippen LogP contribution in [0.2, 0.25) is 5.02 Å². The quantitative estimate of drug-likeness (QED) is 0.598. The number of hydrogen-bond donors (Lipinski definition) is 1. The Balaban J connectivity index is 1.61. The summed E-state index contributed by atoms with van der Waals surface area (Å²) >= 11 is 7.98. The maximum absolute atomic E-state index is 6.11. The summed E-state index contributed by atoms with van der Waals surface area (Å²) in [6.45, 7) is 0.707. The first kappa shape index (κ1) is 15.1. The van der Waals surface area contributed by atoms with Crippen LogP contribution >= 0.6 is 23.4 Å². The Morgan fingerprint density at radius 1 is 1.10 bits per heavy atom. The molecule has 0 spiro atoms. The molecule has 0 bridgehead atoms. The van der Waals surface area contributed by atoms with Crippen LogP contribution in [0.15, 0.2) is 48.5 Å². The van der Waals surface area contributed by atoms with Crippen LogP contribution in [0.25, 0.3) is 0 Å². The average Bonchev–Trinajstić information content (AvgIpc) is 2.44. The third kappa shape index (κ3) is 4.99. The number of thioether (sulfide) groups is 1. The maximum atomic E-state index is 6.11. The molecule has 0 radical (unpaired) electrons. The van der Waals surface area contributed by atoms with Gasteiger partial charge in [0.15, 0.2) is 0 Å². The topological polar surface area (TPSA) is 35.2 Å². The van der Waals surface area contributed by atoms with E-state index in [1.165, 1.54) is 5.56 Å². The molecule has 0 saturated carbocycles. The predicted octanol–water partition coefficient (Wildman–Crippen LogP) is 4.62. The second-order valence-corrected chi connectivity index (χ2v) is 5.93. The number of nitrogens with two attached hydrogens (primary N) is 1. The zero-order valence-electron chi connectivity index (χ0n) is 11.2. The van der Waals surface area contributed by atoms with Gasteiger partial charge < -0.3 is 10.5 Å². The zero-order chi connectivity index (χ0) is 14.2. The van der Waals surface area contributed by atoms with Crippen LogP contribution in [0.5, 0.6) is 5.75 Å². The van der Waals surface area contributed by atoms with Crippen LogP contribution < -0.4 is 10.5 Å². The van der Waals surface area contributed by atoms with Crippen molar-refractivity contribution in [2.75, 3.05) is 18.1 Å². The molecule has 2 N–H and O–H groups in total. The van der Waals surface area contributed by atoms with Gasteiger partial charge in [0, 0.05) is 22.5 Å². The fraction of sp³-hybridized carbons (Fsp3) is 0.250. The number of anilines is 1. The van der Waals surface area contributed by atoms with Gasteiger partial charge in [0.05, 0.1) is 6.61 Å². The number of hydrogen-bond acceptors (Lipinski definition) is 3. The van der Waals surface area contributed by atoms with Gasteiger partial charge in [-0.15, -0.1) is 0 Å². The number of rotatable bonds is 7. The minimum Gasteiger partial charge on any atom is -0.493 e. The lowest BCUT2D eigenvalue weighted by Crippen LogP contribution is -1.99. The molecule has 0 aromatic heterocycles. The first-order chi connectivity index (χ1) is 9.75. The lowest BCUT2D eigenvalue weighted by molar-refractivity contribution is 0.319. The molecule has 0 aliphatic carbocycles. The van der Waals surface area contributed by atoms with Crippen molar-refractivity contribution in [3.63, 3.8) is 0 Å². The van der Waals surface area contributed by atoms with E-state index in [1.807, 2.05) is 54.2 Å². The molecule has 0 aliphatic heterocycles. The molecule has 2 nitrogen and oxygen atoms in total. The Bertz CT molecular complexity index is 548. The van der Waals surface area contributed by atoms with Gasteiger partial charge in [-0.1, -0.05) is 35.9 Å². The summed E-state index contributed by atoms with van der Waals surface area (Å²) in [5.41, 5.74) is 7.62. The highest BCUT2D eigenvalue weighted by atomic mass is 35.5. The van der Waals surface area contributed by atoms with E-state index in [9.17, 15) is 0 Å². The molecule has 2 aromatic rings. The fourth-order valence-corrected chi connectivity index (χ4v) is 2.97. The normalized spacial score (nSPS) is 10.4. The van der Waals surface area contributed by atoms with E-state index in [1.54, 1.807) is 0 Å². The van der Waals surface area contributed by atoms with E-state index in [0.29, 0.717) is 6.61 Å². The smallest absolute Gasteiger partial charge is 0.121 e. The van der Waals surface area contributed by atoms with Crippen molar-refractivity contribution in [1.82, 2.24) is 0 Å². The third-order valence-corrected chi connectivity index (χ3v) is 4.24. The Morgan fingerprint density at radius 2 is 1.95 bits per heavy atom. The standard InChI is InChI=1S/C16H18ClNOS/c17-16-8-2-1-5-13(16)12-20-10-4-9-19-15-7-3-6-14(18)11-15/h1-3,5-8,11H,4,9-10,12,18H2. The molecule has 20 heavy (non-hydrogen) atoms. The number of ether oxygens (including phenoxy) is 1. The molecule has 0 heterocycles. The van der Waals surface area contributed by atoms with E-state index in [4.69, 9.17) is 22.1 Å². The molecule has 0 fully saturated rings. The summed E-state index contributed by atoms with van der Waals surface area (Å²) in [7, 11) is 0. The highest BCUT2D eigenvalue weighted by Gasteiger charge is 1.99. The second kappa shape index (κ2) is 8.08. The summed E-state index contributed by atoms with van der Waals surface area (Å²) in [5.74, 6) is 2.83. The Kier molecular flexibility index (Phi) is 6.09. The van der Waals surface area contributed by atoms with Crippen LogP contribution in [0.3, 0.4) is 0 Å². The number of nitrogen functional groups attached to an aromatic ring is 1. The molecule has 106 valence electrons. The molecule has 0 amide bonds. The molecule has 0 saturated heterocycles. The second-order valence-electron chi connectivity index (χ2n) is 4.42. The summed E-state index contributed by atoms with van der Waals surface area (Å²) in [6, 6.07) is 15.5. The summed E-state index contributed by atoms with van der Waals surface area (Å²) in [6.07, 6.45) is 1.00. The van der Waals surface area contributed by atoms with E-state index in [2.05, 4.69) is 6.07 Å². The van der Waals surface area contributed by atoms with Gasteiger partial charge in [0.1, 0.15) is 5.75 Å². The summed E-state index contributed by atoms with van der Waals surface area (Å²) in [4.78, 5) is 0. The van der Waals surface area contributed by atoms with Crippen LogP contribution in [0.4, 0.5) is 5.69 Å². The van der Waals surface area contributed by atoms with Gasteiger partial charge in [-0.2, -0.15) is 11.8 Å². The van der Waals surface area contributed by atoms with Gasteiger partial charge in [0.2, 0.25) is 0 Å². The highest BCUT2D eigenvalue weighted by molar-refractivity contribution is 7.98. The van der Waals surface area contributed by atoms with Gasteiger partial charge in [-0.3, -0.25) is 0 Å². The van der Waals surface area contributed by atoms with E-state index in [0.717, 1.165) is 34.4 Å². The molecular formula is C16H18ClNOS. The molecular weight excluding hydrogens is 290 g/mol. The van der Waals surface area contributed by atoms with Gasteiger partial charge in [-0.05, 0) is 35.9 Å². The first-order valence-corrected chi connectivity index (χ1v) is 8.08. The lowest BCUT2D eigenvalue weighted by atomic mass is 10.2. The predicted molar refractivity (Wildman–Crippen MR) is 88.6 cm³/mol. The lowest BCUT2D eigenvalue weighted by Gasteiger charge is -2.07. The Labute approximate surface area is 129 Å². The van der Waals surface area contributed by atoms with Crippen molar-refractivity contribution in [2.24, 2.45) is 0 Å². The van der Waals surface area contributed by atoms with E-state index >= 15 is 0 Å². The molecule has 0 unspecified atom stereocenters. The van der Waals surface area contributed by atoms with Crippen LogP contribution in [-0.2, 0) is 5.75 Å². The maximum Gasteiger partial charge on any atom is 0.121 e. The monoisotopic (exact) mass is 307 g/mol. The van der Waals surface area contributed by atoms with Crippen molar-refractivity contribution < 1.29 is 4.74 Å². The van der Waals surface area contributed by atoms with Gasteiger partial charge in [-0.25, -0.2) is 0 Å². The van der Waals surface area contributed by atoms with Gasteiger partial charge >= 0.3 is 0 Å². The minimum atomic E-state index is 0.707. The van der Waals surface area contributed by atoms with Crippen LogP contribution in [-0.4, -0.2) is 12.4 Å². The molecule has 0 atom stereocenters. The zero-order valence-corrected chi connectivity index (χ0v) is 12.8. The third-order valence-electron chi connectivity index (χ3n) is 2.78. The van der Waals surface area contributed by atoms with Crippen molar-refractivity contribution in [3.05, 3.63) is 59.1 Å². The van der Waals surface area contributed by atoms with Crippen LogP contribution in [0.1, 0.15) is 12.0 Å². The average molecular weight is 308 g/mol. The first-order valence-electron chi connectivity index (χ1n) is 6.55. The summed E-state index contributed by atoms with van der Waals surface area (Å²) < 4.78 is 5.64. The van der Waals surface area contributed by atoms with Gasteiger partial charge in [0.25, 0.3) is 0 Å². The number of benzene rings is 2. The molecule has 0 aliphatic rings. The van der Waals surface area contributed by atoms with Crippen molar-refractivity contribution in [2.45, 2.75) is 12.2 Å². The van der Waals surface area contributed by atoms with Crippen molar-refractivity contribution in [1.29, 1.82) is 0 Å². The SMILES string of the molecule is Nc1cccc(OCCCSCc2ccccc2Cl)c1. The van der Waals surface area contributed by atoms with Crippen molar-refractivity contribution >= 4 is 29.1 Å². The summed E-state index contributed by atoms with van der Waals surface area (Å²) in [5, 5.41) is 0.844. The number of halogens is 1. The van der Waals surface area contributed by atoms with Crippen molar-refractivity contribution in [3.8, 4) is 5.75 Å². The Hall–Kier alpha value is -1.32. The largest absolute Gasteiger partial charge is 0.493 e. The van der Waals surface area contributed by atoms with E-state index in [-0.39, 0.29) is 0 Å². The Morgan fingerprint density at radius 3 is 2.75 bits per heavy atom. The minimum absolute atomic E-state index is 0.707. The highest BCUT2D eigenvalue weighted by Crippen LogP contribution is 2.21.